The van der Waals surface area contributed by atoms with Crippen LogP contribution < -0.4 is 0 Å². The first-order valence-electron chi connectivity index (χ1n) is 8.15. The molecule has 0 saturated carbocycles. The van der Waals surface area contributed by atoms with Gasteiger partial charge in [-0.15, -0.1) is 0 Å². The Morgan fingerprint density at radius 1 is 0.933 bits per heavy atom. The lowest BCUT2D eigenvalue weighted by atomic mass is 10.0. The second kappa shape index (κ2) is 18.0. The summed E-state index contributed by atoms with van der Waals surface area (Å²) in [6.45, 7) is 1.25. The van der Waals surface area contributed by atoms with E-state index in [-0.39, 0.29) is 12.9 Å². The Bertz CT molecular complexity index is 439. The van der Waals surface area contributed by atoms with E-state index < -0.39 is 67.6 Å². The van der Waals surface area contributed by atoms with Crippen molar-refractivity contribution in [3.05, 3.63) is 0 Å². The van der Waals surface area contributed by atoms with Crippen molar-refractivity contribution in [1.29, 1.82) is 0 Å². The van der Waals surface area contributed by atoms with Gasteiger partial charge in [-0.05, 0) is 0 Å². The first-order valence-corrected chi connectivity index (χ1v) is 8.15. The highest BCUT2D eigenvalue weighted by molar-refractivity contribution is 5.63. The van der Waals surface area contributed by atoms with Gasteiger partial charge >= 0.3 is 0 Å². The maximum atomic E-state index is 9.90. The van der Waals surface area contributed by atoms with Gasteiger partial charge in [-0.1, -0.05) is 0 Å². The fourth-order valence-corrected chi connectivity index (χ4v) is 1.41. The summed E-state index contributed by atoms with van der Waals surface area (Å²) in [5, 5.41) is 93.6. The molecule has 0 aromatic heterocycles. The van der Waals surface area contributed by atoms with Crippen LogP contribution in [0.4, 0.5) is 0 Å². The zero-order chi connectivity index (χ0) is 24.6. The third-order valence-corrected chi connectivity index (χ3v) is 2.89. The summed E-state index contributed by atoms with van der Waals surface area (Å²) < 4.78 is 4.47. The van der Waals surface area contributed by atoms with E-state index in [1.807, 2.05) is 0 Å². The van der Waals surface area contributed by atoms with Crippen LogP contribution in [0.1, 0.15) is 13.8 Å². The molecule has 15 heteroatoms. The summed E-state index contributed by atoms with van der Waals surface area (Å²) in [5.74, 6) is -1.67. The number of aliphatic hydroxyl groups excluding tert-OH is 9. The van der Waals surface area contributed by atoms with E-state index >= 15 is 0 Å². The maximum absolute atomic E-state index is 9.90. The van der Waals surface area contributed by atoms with Gasteiger partial charge in [0.1, 0.15) is 42.7 Å². The van der Waals surface area contributed by atoms with Crippen molar-refractivity contribution in [2.45, 2.75) is 62.9 Å². The number of carboxylic acids is 2. The monoisotopic (exact) mass is 450 g/mol. The molecule has 1 aliphatic rings. The second-order valence-corrected chi connectivity index (χ2v) is 5.67. The minimum atomic E-state index is -1.79. The number of hydrogen-bond donors (Lipinski definition) is 11. The highest BCUT2D eigenvalue weighted by Crippen LogP contribution is 2.12. The molecule has 8 atom stereocenters. The van der Waals surface area contributed by atoms with Gasteiger partial charge in [0, 0.05) is 13.8 Å². The summed E-state index contributed by atoms with van der Waals surface area (Å²) in [6.07, 6.45) is -12.1. The molecular weight excluding hydrogens is 420 g/mol. The molecular formula is C15H30O15. The van der Waals surface area contributed by atoms with Gasteiger partial charge in [0.15, 0.2) is 12.6 Å². The summed E-state index contributed by atoms with van der Waals surface area (Å²) in [5.41, 5.74) is 0. The number of hydrogen-bond acceptors (Lipinski definition) is 13. The van der Waals surface area contributed by atoms with Gasteiger partial charge in [-0.2, -0.15) is 0 Å². The summed E-state index contributed by atoms with van der Waals surface area (Å²) in [6, 6.07) is 0. The Hall–Kier alpha value is -1.79. The van der Waals surface area contributed by atoms with Crippen LogP contribution in [-0.4, -0.2) is 137 Å². The van der Waals surface area contributed by atoms with Gasteiger partial charge in [-0.25, -0.2) is 0 Å². The predicted octanol–water partition coefficient (Wildman–Crippen LogP) is -5.78. The van der Waals surface area contributed by atoms with Crippen LogP contribution in [0, 0.1) is 0 Å². The van der Waals surface area contributed by atoms with Crippen LogP contribution in [0.25, 0.3) is 0 Å². The third-order valence-electron chi connectivity index (χ3n) is 2.89. The number of ether oxygens (including phenoxy) is 1. The zero-order valence-corrected chi connectivity index (χ0v) is 16.2. The van der Waals surface area contributed by atoms with Crippen LogP contribution in [-0.2, 0) is 19.1 Å². The van der Waals surface area contributed by atoms with E-state index in [2.05, 4.69) is 4.74 Å². The number of carbonyl (C=O) groups is 3. The summed E-state index contributed by atoms with van der Waals surface area (Å²) in [7, 11) is 0. The van der Waals surface area contributed by atoms with Crippen molar-refractivity contribution < 1.29 is 75.3 Å². The van der Waals surface area contributed by atoms with Crippen molar-refractivity contribution >= 4 is 18.2 Å². The lowest BCUT2D eigenvalue weighted by Gasteiger charge is -2.31. The lowest BCUT2D eigenvalue weighted by molar-refractivity contribution is -0.252. The molecule has 0 amide bonds. The van der Waals surface area contributed by atoms with Crippen molar-refractivity contribution in [3.8, 4) is 0 Å². The normalized spacial score (nSPS) is 26.5. The van der Waals surface area contributed by atoms with Gasteiger partial charge in [0.25, 0.3) is 11.9 Å². The number of carboxylic acid groups (broad SMARTS) is 2. The number of aldehydes is 1. The Balaban J connectivity index is -0.000000362. The standard InChI is InChI=1S/C6H12O6.C5H10O5.2C2H4O2/c7-1-3(9)5(11)6(12)4(10)2-8;6-2-1-10-5(9)4(8)3(2)7;2*1-2(3)4/h1,3-6,8-12H,2H2;2-9H,1H2;2*1H3,(H,3,4)/t3-,4+,5+,6+;2-,3+,4-,5?;;/m01../s1. The molecule has 1 aliphatic heterocycles. The maximum Gasteiger partial charge on any atom is 0.300 e. The van der Waals surface area contributed by atoms with E-state index in [9.17, 15) is 4.79 Å². The summed E-state index contributed by atoms with van der Waals surface area (Å²) >= 11 is 0. The van der Waals surface area contributed by atoms with E-state index in [4.69, 9.17) is 65.8 Å². The van der Waals surface area contributed by atoms with Crippen molar-refractivity contribution in [1.82, 2.24) is 0 Å². The first kappa shape index (κ1) is 32.9. The van der Waals surface area contributed by atoms with Crippen LogP contribution in [0.3, 0.4) is 0 Å². The molecule has 180 valence electrons. The molecule has 0 aromatic carbocycles. The van der Waals surface area contributed by atoms with Crippen molar-refractivity contribution in [3.63, 3.8) is 0 Å². The molecule has 1 fully saturated rings. The average Bonchev–Trinajstić information content (AvgIpc) is 2.66. The quantitative estimate of drug-likeness (QED) is 0.174. The Labute approximate surface area is 170 Å². The van der Waals surface area contributed by atoms with Crippen LogP contribution in [0.5, 0.6) is 0 Å². The van der Waals surface area contributed by atoms with Gasteiger partial charge in [0.2, 0.25) is 0 Å². The van der Waals surface area contributed by atoms with Crippen molar-refractivity contribution in [2.24, 2.45) is 0 Å². The molecule has 1 saturated heterocycles. The van der Waals surface area contributed by atoms with E-state index in [0.717, 1.165) is 13.8 Å². The molecule has 0 spiro atoms. The first-order chi connectivity index (χ1) is 13.6. The third kappa shape index (κ3) is 17.1. The largest absolute Gasteiger partial charge is 0.481 e. The molecule has 1 unspecified atom stereocenters. The smallest absolute Gasteiger partial charge is 0.300 e. The Morgan fingerprint density at radius 2 is 1.33 bits per heavy atom. The van der Waals surface area contributed by atoms with Crippen LogP contribution in [0.15, 0.2) is 0 Å². The SMILES string of the molecule is CC(=O)O.CC(=O)O.O=C[C@H](O)[C@@H](O)[C@H](O)[C@H](O)CO.OC1OC[C@@H](O)[C@H](O)[C@H]1O. The van der Waals surface area contributed by atoms with E-state index in [0.29, 0.717) is 0 Å². The molecule has 11 N–H and O–H groups in total. The fourth-order valence-electron chi connectivity index (χ4n) is 1.41. The number of rotatable bonds is 5. The van der Waals surface area contributed by atoms with Gasteiger partial charge in [-0.3, -0.25) is 9.59 Å². The van der Waals surface area contributed by atoms with Gasteiger partial charge in [0.05, 0.1) is 13.2 Å². The van der Waals surface area contributed by atoms with Crippen LogP contribution in [0.2, 0.25) is 0 Å². The lowest BCUT2D eigenvalue weighted by Crippen LogP contribution is -2.52. The zero-order valence-electron chi connectivity index (χ0n) is 16.2. The minimum absolute atomic E-state index is 0.0258. The number of aliphatic carboxylic acids is 2. The Morgan fingerprint density at radius 3 is 1.63 bits per heavy atom. The fraction of sp³-hybridized carbons (Fsp3) is 0.800. The van der Waals surface area contributed by atoms with E-state index in [1.54, 1.807) is 0 Å². The highest BCUT2D eigenvalue weighted by atomic mass is 16.6. The summed E-state index contributed by atoms with van der Waals surface area (Å²) in [4.78, 5) is 27.9. The molecule has 0 aliphatic carbocycles. The predicted molar refractivity (Wildman–Crippen MR) is 93.8 cm³/mol. The van der Waals surface area contributed by atoms with E-state index in [1.165, 1.54) is 0 Å². The molecule has 0 radical (unpaired) electrons. The highest BCUT2D eigenvalue weighted by Gasteiger charge is 2.36. The topological polar surface area (TPSA) is 283 Å². The molecule has 0 bridgehead atoms. The van der Waals surface area contributed by atoms with Crippen molar-refractivity contribution in [2.75, 3.05) is 13.2 Å². The minimum Gasteiger partial charge on any atom is -0.481 e. The average molecular weight is 450 g/mol. The number of aliphatic hydroxyl groups is 9. The molecule has 15 nitrogen and oxygen atoms in total. The second-order valence-electron chi connectivity index (χ2n) is 5.67. The molecule has 1 heterocycles. The molecule has 1 rings (SSSR count). The van der Waals surface area contributed by atoms with Gasteiger partial charge < -0.3 is 65.7 Å². The molecule has 30 heavy (non-hydrogen) atoms. The Kier molecular flexibility index (Phi) is 19.7. The molecule has 0 aromatic rings. The number of carbonyl (C=O) groups excluding carboxylic acids is 1. The van der Waals surface area contributed by atoms with Crippen LogP contribution >= 0.6 is 0 Å².